The van der Waals surface area contributed by atoms with E-state index in [1.807, 2.05) is 35.7 Å². The van der Waals surface area contributed by atoms with E-state index in [9.17, 15) is 28.0 Å². The second-order valence-corrected chi connectivity index (χ2v) is 11.3. The monoisotopic (exact) mass is 612 g/mol. The topological polar surface area (TPSA) is 90.2 Å². The highest BCUT2D eigenvalue weighted by molar-refractivity contribution is 7.17. The first kappa shape index (κ1) is 31.1. The number of hydrogen-bond acceptors (Lipinski definition) is 4. The minimum absolute atomic E-state index is 0.00349. The second kappa shape index (κ2) is 13.4. The standard InChI is InChI=1S/C32H28ClF3N2O3S/c1-2-3-4-25(19-5-7-21(8-6-19)31(41)38-14-13-28(39)40)29(20-9-11-24(33)12-10-20)27-18-42-30-22(17-37)15-23(16-26(27)30)32(34,35)36/h5-12,15-16,18,25,29H,2-4,13-14H2,1H3,(H,38,41)(H,39,40)/t25-,29?/m1/s1. The molecule has 0 aliphatic heterocycles. The van der Waals surface area contributed by atoms with E-state index in [1.165, 1.54) is 11.3 Å². The van der Waals surface area contributed by atoms with Gasteiger partial charge in [-0.15, -0.1) is 11.3 Å². The number of amides is 1. The van der Waals surface area contributed by atoms with Gasteiger partial charge in [0.1, 0.15) is 6.07 Å². The summed E-state index contributed by atoms with van der Waals surface area (Å²) in [6, 6.07) is 18.2. The number of aliphatic carboxylic acids is 1. The molecular weight excluding hydrogens is 585 g/mol. The van der Waals surface area contributed by atoms with Gasteiger partial charge in [0.2, 0.25) is 0 Å². The quantitative estimate of drug-likeness (QED) is 0.177. The Labute approximate surface area is 250 Å². The van der Waals surface area contributed by atoms with E-state index in [0.717, 1.165) is 42.5 Å². The van der Waals surface area contributed by atoms with E-state index in [2.05, 4.69) is 12.2 Å². The summed E-state index contributed by atoms with van der Waals surface area (Å²) in [5, 5.41) is 23.9. The Kier molecular flexibility index (Phi) is 9.92. The number of halogens is 4. The highest BCUT2D eigenvalue weighted by Crippen LogP contribution is 2.47. The predicted octanol–water partition coefficient (Wildman–Crippen LogP) is 8.76. The summed E-state index contributed by atoms with van der Waals surface area (Å²) >= 11 is 7.45. The Balaban J connectivity index is 1.84. The molecular formula is C32H28ClF3N2O3S. The van der Waals surface area contributed by atoms with E-state index in [0.29, 0.717) is 26.2 Å². The van der Waals surface area contributed by atoms with Crippen LogP contribution in [0.2, 0.25) is 5.02 Å². The second-order valence-electron chi connectivity index (χ2n) is 10.0. The number of nitrogens with one attached hydrogen (secondary N) is 1. The molecule has 3 aromatic carbocycles. The average Bonchev–Trinajstić information content (AvgIpc) is 3.38. The number of alkyl halides is 3. The zero-order valence-electron chi connectivity index (χ0n) is 22.7. The van der Waals surface area contributed by atoms with Gasteiger partial charge in [-0.25, -0.2) is 0 Å². The predicted molar refractivity (Wildman–Crippen MR) is 158 cm³/mol. The minimum atomic E-state index is -4.61. The van der Waals surface area contributed by atoms with Gasteiger partial charge in [-0.05, 0) is 76.2 Å². The van der Waals surface area contributed by atoms with Crippen molar-refractivity contribution < 1.29 is 27.9 Å². The smallest absolute Gasteiger partial charge is 0.416 e. The molecule has 0 aliphatic rings. The summed E-state index contributed by atoms with van der Waals surface area (Å²) in [5.74, 6) is -1.95. The van der Waals surface area contributed by atoms with Gasteiger partial charge < -0.3 is 10.4 Å². The number of carbonyl (C=O) groups excluding carboxylic acids is 1. The van der Waals surface area contributed by atoms with Crippen LogP contribution in [-0.4, -0.2) is 23.5 Å². The van der Waals surface area contributed by atoms with Crippen LogP contribution in [-0.2, 0) is 11.0 Å². The molecule has 0 radical (unpaired) electrons. The fourth-order valence-corrected chi connectivity index (χ4v) is 6.34. The number of rotatable bonds is 11. The number of benzene rings is 3. The lowest BCUT2D eigenvalue weighted by Gasteiger charge is -2.29. The van der Waals surface area contributed by atoms with Gasteiger partial charge in [-0.2, -0.15) is 18.4 Å². The van der Waals surface area contributed by atoms with E-state index >= 15 is 0 Å². The number of thiophene rings is 1. The molecule has 1 unspecified atom stereocenters. The molecule has 0 spiro atoms. The maximum Gasteiger partial charge on any atom is 0.416 e. The van der Waals surface area contributed by atoms with Gasteiger partial charge >= 0.3 is 12.1 Å². The van der Waals surface area contributed by atoms with Gasteiger partial charge in [0.25, 0.3) is 5.91 Å². The third kappa shape index (κ3) is 7.12. The van der Waals surface area contributed by atoms with Gasteiger partial charge in [-0.1, -0.05) is 55.6 Å². The molecule has 2 N–H and O–H groups in total. The van der Waals surface area contributed by atoms with Crippen LogP contribution in [0, 0.1) is 11.3 Å². The summed E-state index contributed by atoms with van der Waals surface area (Å²) in [6.45, 7) is 2.07. The van der Waals surface area contributed by atoms with Crippen LogP contribution >= 0.6 is 22.9 Å². The number of nitrogens with zero attached hydrogens (tertiary/aromatic N) is 1. The molecule has 0 saturated heterocycles. The molecule has 10 heteroatoms. The molecule has 0 aliphatic carbocycles. The Morgan fingerprint density at radius 2 is 1.74 bits per heavy atom. The van der Waals surface area contributed by atoms with Crippen LogP contribution in [0.1, 0.15) is 82.6 Å². The van der Waals surface area contributed by atoms with Crippen LogP contribution in [0.25, 0.3) is 10.1 Å². The Morgan fingerprint density at radius 1 is 1.07 bits per heavy atom. The van der Waals surface area contributed by atoms with Crippen molar-refractivity contribution in [3.63, 3.8) is 0 Å². The first-order valence-electron chi connectivity index (χ1n) is 13.4. The molecule has 42 heavy (non-hydrogen) atoms. The number of carbonyl (C=O) groups is 2. The fourth-order valence-electron chi connectivity index (χ4n) is 5.16. The Morgan fingerprint density at radius 3 is 2.33 bits per heavy atom. The maximum atomic E-state index is 13.9. The summed E-state index contributed by atoms with van der Waals surface area (Å²) in [4.78, 5) is 23.3. The van der Waals surface area contributed by atoms with Crippen molar-refractivity contribution in [1.82, 2.24) is 5.32 Å². The number of unbranched alkanes of at least 4 members (excludes halogenated alkanes) is 1. The first-order valence-corrected chi connectivity index (χ1v) is 14.7. The lowest BCUT2D eigenvalue weighted by atomic mass is 9.74. The lowest BCUT2D eigenvalue weighted by Crippen LogP contribution is -2.26. The molecule has 5 nitrogen and oxygen atoms in total. The number of nitriles is 1. The fraction of sp³-hybridized carbons (Fsp3) is 0.281. The highest BCUT2D eigenvalue weighted by atomic mass is 35.5. The van der Waals surface area contributed by atoms with Crippen LogP contribution in [0.5, 0.6) is 0 Å². The normalized spacial score (nSPS) is 13.0. The van der Waals surface area contributed by atoms with Crippen LogP contribution in [0.3, 0.4) is 0 Å². The van der Waals surface area contributed by atoms with E-state index in [-0.39, 0.29) is 30.4 Å². The zero-order valence-corrected chi connectivity index (χ0v) is 24.2. The Hall–Kier alpha value is -3.87. The first-order chi connectivity index (χ1) is 20.0. The molecule has 4 aromatic rings. The number of hydrogen-bond donors (Lipinski definition) is 2. The summed E-state index contributed by atoms with van der Waals surface area (Å²) in [5.41, 5.74) is 1.94. The molecule has 218 valence electrons. The van der Waals surface area contributed by atoms with Crippen molar-refractivity contribution in [2.45, 2.75) is 50.6 Å². The highest BCUT2D eigenvalue weighted by Gasteiger charge is 2.34. The van der Waals surface area contributed by atoms with Crippen LogP contribution in [0.15, 0.2) is 66.0 Å². The minimum Gasteiger partial charge on any atom is -0.481 e. The molecule has 1 aromatic heterocycles. The zero-order chi connectivity index (χ0) is 30.4. The van der Waals surface area contributed by atoms with Gasteiger partial charge in [0.05, 0.1) is 22.2 Å². The third-order valence-corrected chi connectivity index (χ3v) is 8.51. The summed E-state index contributed by atoms with van der Waals surface area (Å²) in [7, 11) is 0. The molecule has 1 heterocycles. The van der Waals surface area contributed by atoms with Gasteiger partial charge in [0, 0.05) is 23.0 Å². The van der Waals surface area contributed by atoms with Crippen molar-refractivity contribution >= 4 is 44.9 Å². The number of fused-ring (bicyclic) bond motifs is 1. The molecule has 4 rings (SSSR count). The van der Waals surface area contributed by atoms with Crippen LogP contribution in [0.4, 0.5) is 13.2 Å². The van der Waals surface area contributed by atoms with Crippen molar-refractivity contribution in [1.29, 1.82) is 5.26 Å². The van der Waals surface area contributed by atoms with Crippen molar-refractivity contribution in [3.05, 3.63) is 104 Å². The molecule has 2 atom stereocenters. The average molecular weight is 613 g/mol. The van der Waals surface area contributed by atoms with Gasteiger partial charge in [-0.3, -0.25) is 9.59 Å². The lowest BCUT2D eigenvalue weighted by molar-refractivity contribution is -0.138. The maximum absolute atomic E-state index is 13.9. The number of carboxylic acid groups (broad SMARTS) is 1. The Bertz CT molecular complexity index is 1610. The van der Waals surface area contributed by atoms with E-state index in [1.54, 1.807) is 24.3 Å². The van der Waals surface area contributed by atoms with Gasteiger partial charge in [0.15, 0.2) is 0 Å². The summed E-state index contributed by atoms with van der Waals surface area (Å²) in [6.07, 6.45) is -2.34. The molecule has 0 fully saturated rings. The number of carboxylic acids is 1. The third-order valence-electron chi connectivity index (χ3n) is 7.21. The summed E-state index contributed by atoms with van der Waals surface area (Å²) < 4.78 is 42.1. The largest absolute Gasteiger partial charge is 0.481 e. The van der Waals surface area contributed by atoms with Crippen molar-refractivity contribution in [2.75, 3.05) is 6.54 Å². The van der Waals surface area contributed by atoms with E-state index in [4.69, 9.17) is 16.7 Å². The van der Waals surface area contributed by atoms with Crippen molar-refractivity contribution in [3.8, 4) is 6.07 Å². The molecule has 0 bridgehead atoms. The van der Waals surface area contributed by atoms with Crippen LogP contribution < -0.4 is 5.32 Å². The van der Waals surface area contributed by atoms with Crippen molar-refractivity contribution in [2.24, 2.45) is 0 Å². The SMILES string of the molecule is CCCC[C@H](c1ccc(C(=O)NCCC(=O)O)cc1)C(c1ccc(Cl)cc1)c1csc2c(C#N)cc(C(F)(F)F)cc12. The molecule has 1 amide bonds. The molecule has 0 saturated carbocycles. The van der Waals surface area contributed by atoms with E-state index < -0.39 is 23.6 Å².